The van der Waals surface area contributed by atoms with Gasteiger partial charge < -0.3 is 4.90 Å². The summed E-state index contributed by atoms with van der Waals surface area (Å²) in [5.74, 6) is -1.05. The van der Waals surface area contributed by atoms with Crippen LogP contribution in [0.3, 0.4) is 0 Å². The van der Waals surface area contributed by atoms with E-state index in [2.05, 4.69) is 34.3 Å². The van der Waals surface area contributed by atoms with Gasteiger partial charge in [-0.05, 0) is 48.3 Å². The summed E-state index contributed by atoms with van der Waals surface area (Å²) >= 11 is 0. The summed E-state index contributed by atoms with van der Waals surface area (Å²) in [6.45, 7) is 2.75. The van der Waals surface area contributed by atoms with Crippen molar-refractivity contribution in [2.45, 2.75) is 43.4 Å². The standard InChI is InChI=1S/C21H21FN4O2/c1-20(4-5-20)13-2-3-15-16(8-13)21(6-7-21)12-26(18(15)28)11-17(27)25-19-23-9-14(22)10-24-19/h2-3,8-10H,4-7,11-12H2,1H3,(H,23,24,25,27). The van der Waals surface area contributed by atoms with E-state index in [-0.39, 0.29) is 35.1 Å². The number of anilines is 1. The fourth-order valence-electron chi connectivity index (χ4n) is 4.13. The molecule has 1 spiro atoms. The molecule has 2 saturated carbocycles. The first-order valence-corrected chi connectivity index (χ1v) is 9.60. The summed E-state index contributed by atoms with van der Waals surface area (Å²) in [4.78, 5) is 34.4. The SMILES string of the molecule is CC1(c2ccc3c(c2)C2(CC2)CN(CC(=O)Nc2ncc(F)cn2)C3=O)CC1. The van der Waals surface area contributed by atoms with Crippen molar-refractivity contribution in [3.63, 3.8) is 0 Å². The lowest BCUT2D eigenvalue weighted by Crippen LogP contribution is -2.47. The predicted molar refractivity (Wildman–Crippen MR) is 100 cm³/mol. The van der Waals surface area contributed by atoms with Crippen molar-refractivity contribution in [1.29, 1.82) is 0 Å². The van der Waals surface area contributed by atoms with Gasteiger partial charge >= 0.3 is 0 Å². The van der Waals surface area contributed by atoms with Crippen LogP contribution >= 0.6 is 0 Å². The molecule has 1 aliphatic heterocycles. The van der Waals surface area contributed by atoms with Crippen LogP contribution in [0.1, 0.15) is 54.1 Å². The average Bonchev–Trinajstić information content (AvgIpc) is 3.60. The maximum absolute atomic E-state index is 13.0. The molecular weight excluding hydrogens is 359 g/mol. The molecule has 0 bridgehead atoms. The number of benzene rings is 1. The Labute approximate surface area is 162 Å². The minimum absolute atomic E-state index is 0.0167. The summed E-state index contributed by atoms with van der Waals surface area (Å²) in [5, 5.41) is 2.52. The average molecular weight is 380 g/mol. The molecule has 5 rings (SSSR count). The van der Waals surface area contributed by atoms with Crippen LogP contribution in [0.15, 0.2) is 30.6 Å². The van der Waals surface area contributed by atoms with Gasteiger partial charge in [-0.2, -0.15) is 0 Å². The maximum Gasteiger partial charge on any atom is 0.254 e. The lowest BCUT2D eigenvalue weighted by molar-refractivity contribution is -0.117. The molecule has 1 N–H and O–H groups in total. The van der Waals surface area contributed by atoms with Crippen LogP contribution < -0.4 is 5.32 Å². The number of amides is 2. The number of fused-ring (bicyclic) bond motifs is 2. The van der Waals surface area contributed by atoms with Crippen LogP contribution in [0.5, 0.6) is 0 Å². The first-order valence-electron chi connectivity index (χ1n) is 9.60. The van der Waals surface area contributed by atoms with Gasteiger partial charge in [0.2, 0.25) is 11.9 Å². The normalized spacial score (nSPS) is 20.6. The van der Waals surface area contributed by atoms with Crippen molar-refractivity contribution in [3.05, 3.63) is 53.1 Å². The Kier molecular flexibility index (Phi) is 3.60. The number of rotatable bonds is 4. The number of carbonyl (C=O) groups is 2. The van der Waals surface area contributed by atoms with Crippen LogP contribution in [0, 0.1) is 5.82 Å². The van der Waals surface area contributed by atoms with Crippen molar-refractivity contribution in [3.8, 4) is 0 Å². The minimum atomic E-state index is -0.573. The van der Waals surface area contributed by atoms with Crippen LogP contribution in [0.2, 0.25) is 0 Å². The predicted octanol–water partition coefficient (Wildman–Crippen LogP) is 2.79. The van der Waals surface area contributed by atoms with Crippen LogP contribution in [-0.4, -0.2) is 39.8 Å². The molecule has 2 aliphatic carbocycles. The zero-order valence-electron chi connectivity index (χ0n) is 15.7. The molecule has 28 heavy (non-hydrogen) atoms. The van der Waals surface area contributed by atoms with Gasteiger partial charge in [0.15, 0.2) is 5.82 Å². The molecule has 7 heteroatoms. The Morgan fingerprint density at radius 2 is 1.93 bits per heavy atom. The largest absolute Gasteiger partial charge is 0.328 e. The molecule has 0 atom stereocenters. The van der Waals surface area contributed by atoms with E-state index in [1.54, 1.807) is 4.90 Å². The third-order valence-electron chi connectivity index (χ3n) is 6.36. The van der Waals surface area contributed by atoms with E-state index >= 15 is 0 Å². The summed E-state index contributed by atoms with van der Waals surface area (Å²) in [6, 6.07) is 6.23. The number of nitrogens with one attached hydrogen (secondary N) is 1. The highest BCUT2D eigenvalue weighted by atomic mass is 19.1. The highest BCUT2D eigenvalue weighted by molar-refractivity contribution is 6.01. The van der Waals surface area contributed by atoms with E-state index in [1.807, 2.05) is 6.07 Å². The quantitative estimate of drug-likeness (QED) is 0.885. The molecule has 2 heterocycles. The Bertz CT molecular complexity index is 980. The Morgan fingerprint density at radius 3 is 2.57 bits per heavy atom. The van der Waals surface area contributed by atoms with Gasteiger partial charge in [0, 0.05) is 17.5 Å². The van der Waals surface area contributed by atoms with E-state index < -0.39 is 5.82 Å². The topological polar surface area (TPSA) is 75.2 Å². The van der Waals surface area contributed by atoms with Gasteiger partial charge in [0.05, 0.1) is 12.4 Å². The van der Waals surface area contributed by atoms with E-state index in [1.165, 1.54) is 18.4 Å². The molecule has 2 aromatic rings. The van der Waals surface area contributed by atoms with Crippen molar-refractivity contribution in [2.24, 2.45) is 0 Å². The van der Waals surface area contributed by atoms with Gasteiger partial charge in [-0.1, -0.05) is 19.1 Å². The van der Waals surface area contributed by atoms with E-state index in [0.717, 1.165) is 30.8 Å². The second-order valence-electron chi connectivity index (χ2n) is 8.54. The smallest absolute Gasteiger partial charge is 0.254 e. The number of halogens is 1. The fourth-order valence-corrected chi connectivity index (χ4v) is 4.13. The fraction of sp³-hybridized carbons (Fsp3) is 0.429. The number of hydrogen-bond acceptors (Lipinski definition) is 4. The van der Waals surface area contributed by atoms with Crippen LogP contribution in [-0.2, 0) is 15.6 Å². The second-order valence-corrected chi connectivity index (χ2v) is 8.54. The molecule has 1 aromatic carbocycles. The molecule has 2 amide bonds. The zero-order chi connectivity index (χ0) is 19.5. The third kappa shape index (κ3) is 2.85. The molecule has 6 nitrogen and oxygen atoms in total. The van der Waals surface area contributed by atoms with Crippen molar-refractivity contribution >= 4 is 17.8 Å². The summed E-state index contributed by atoms with van der Waals surface area (Å²) in [5.41, 5.74) is 3.44. The lowest BCUT2D eigenvalue weighted by atomic mass is 9.83. The lowest BCUT2D eigenvalue weighted by Gasteiger charge is -2.35. The van der Waals surface area contributed by atoms with E-state index in [9.17, 15) is 14.0 Å². The van der Waals surface area contributed by atoms with Gasteiger partial charge in [0.25, 0.3) is 5.91 Å². The number of carbonyl (C=O) groups excluding carboxylic acids is 2. The molecular formula is C21H21FN4O2. The molecule has 2 fully saturated rings. The van der Waals surface area contributed by atoms with Crippen molar-refractivity contribution < 1.29 is 14.0 Å². The first kappa shape index (κ1) is 17.3. The Morgan fingerprint density at radius 1 is 1.21 bits per heavy atom. The van der Waals surface area contributed by atoms with Crippen LogP contribution in [0.4, 0.5) is 10.3 Å². The monoisotopic (exact) mass is 380 g/mol. The van der Waals surface area contributed by atoms with E-state index in [4.69, 9.17) is 0 Å². The summed E-state index contributed by atoms with van der Waals surface area (Å²) < 4.78 is 12.9. The molecule has 1 aromatic heterocycles. The first-order chi connectivity index (χ1) is 13.4. The molecule has 0 radical (unpaired) electrons. The Balaban J connectivity index is 1.36. The molecule has 144 valence electrons. The van der Waals surface area contributed by atoms with Crippen LogP contribution in [0.25, 0.3) is 0 Å². The third-order valence-corrected chi connectivity index (χ3v) is 6.36. The number of nitrogens with zero attached hydrogens (tertiary/aromatic N) is 3. The number of hydrogen-bond donors (Lipinski definition) is 1. The summed E-state index contributed by atoms with van der Waals surface area (Å²) in [6.07, 6.45) is 6.44. The van der Waals surface area contributed by atoms with Crippen molar-refractivity contribution in [1.82, 2.24) is 14.9 Å². The number of aromatic nitrogens is 2. The van der Waals surface area contributed by atoms with Gasteiger partial charge in [-0.3, -0.25) is 14.9 Å². The molecule has 0 saturated heterocycles. The van der Waals surface area contributed by atoms with Gasteiger partial charge in [-0.15, -0.1) is 0 Å². The van der Waals surface area contributed by atoms with Crippen molar-refractivity contribution in [2.75, 3.05) is 18.4 Å². The second kappa shape index (κ2) is 5.83. The zero-order valence-corrected chi connectivity index (χ0v) is 15.7. The maximum atomic E-state index is 13.0. The highest BCUT2D eigenvalue weighted by Crippen LogP contribution is 2.55. The van der Waals surface area contributed by atoms with Gasteiger partial charge in [0.1, 0.15) is 6.54 Å². The summed E-state index contributed by atoms with van der Waals surface area (Å²) in [7, 11) is 0. The van der Waals surface area contributed by atoms with E-state index in [0.29, 0.717) is 12.1 Å². The molecule has 0 unspecified atom stereocenters. The minimum Gasteiger partial charge on any atom is -0.328 e. The Hall–Kier alpha value is -2.83. The van der Waals surface area contributed by atoms with Gasteiger partial charge in [-0.25, -0.2) is 14.4 Å². The molecule has 3 aliphatic rings. The highest BCUT2D eigenvalue weighted by Gasteiger charge is 2.52.